The molecule has 0 fully saturated rings. The number of para-hydroxylation sites is 2. The molecular weight excluding hydrogens is 481 g/mol. The molecule has 4 aromatic rings. The van der Waals surface area contributed by atoms with E-state index in [4.69, 9.17) is 9.47 Å². The van der Waals surface area contributed by atoms with Crippen LogP contribution >= 0.6 is 11.8 Å². The molecule has 0 bridgehead atoms. The largest absolute Gasteiger partial charge is 0.493 e. The third-order valence-electron chi connectivity index (χ3n) is 5.23. The van der Waals surface area contributed by atoms with Crippen molar-refractivity contribution >= 4 is 28.4 Å². The molecular formula is C25H19F3N2O4S. The summed E-state index contributed by atoms with van der Waals surface area (Å²) >= 11 is 0.879. The highest BCUT2D eigenvalue weighted by molar-refractivity contribution is 7.99. The zero-order valence-corrected chi connectivity index (χ0v) is 19.4. The van der Waals surface area contributed by atoms with E-state index in [1.54, 1.807) is 30.3 Å². The number of methoxy groups -OCH3 is 2. The van der Waals surface area contributed by atoms with E-state index in [-0.39, 0.29) is 27.8 Å². The van der Waals surface area contributed by atoms with Crippen molar-refractivity contribution < 1.29 is 27.4 Å². The summed E-state index contributed by atoms with van der Waals surface area (Å²) in [6, 6.07) is 15.8. The van der Waals surface area contributed by atoms with Gasteiger partial charge in [-0.3, -0.25) is 14.2 Å². The number of carbonyl (C=O) groups excluding carboxylic acids is 1. The fourth-order valence-electron chi connectivity index (χ4n) is 3.55. The first-order valence-corrected chi connectivity index (χ1v) is 11.3. The molecule has 0 N–H and O–H groups in total. The molecule has 0 atom stereocenters. The number of benzene rings is 3. The number of ketones is 1. The van der Waals surface area contributed by atoms with E-state index in [1.807, 2.05) is 0 Å². The van der Waals surface area contributed by atoms with Gasteiger partial charge in [-0.15, -0.1) is 0 Å². The Morgan fingerprint density at radius 3 is 2.37 bits per heavy atom. The zero-order chi connectivity index (χ0) is 25.2. The van der Waals surface area contributed by atoms with E-state index in [1.165, 1.54) is 44.6 Å². The molecule has 1 heterocycles. The standard InChI is InChI=1S/C25H19F3N2O4S/c1-33-21-12-11-15(13-22(21)34-2)20(31)14-35-24-29-18-9-5-3-7-16(18)23(32)30(24)19-10-6-4-8-17(19)25(26,27)28/h3-13H,14H2,1-2H3. The topological polar surface area (TPSA) is 70.4 Å². The van der Waals surface area contributed by atoms with Crippen LogP contribution in [0.15, 0.2) is 76.7 Å². The van der Waals surface area contributed by atoms with E-state index in [0.717, 1.165) is 22.4 Å². The van der Waals surface area contributed by atoms with Crippen molar-refractivity contribution in [3.05, 3.63) is 88.2 Å². The Morgan fingerprint density at radius 2 is 1.66 bits per heavy atom. The molecule has 0 radical (unpaired) electrons. The van der Waals surface area contributed by atoms with E-state index in [0.29, 0.717) is 22.6 Å². The Balaban J connectivity index is 1.79. The summed E-state index contributed by atoms with van der Waals surface area (Å²) in [5, 5.41) is 0.138. The highest BCUT2D eigenvalue weighted by Gasteiger charge is 2.34. The second kappa shape index (κ2) is 9.83. The number of ether oxygens (including phenoxy) is 2. The number of hydrogen-bond donors (Lipinski definition) is 0. The van der Waals surface area contributed by atoms with Crippen LogP contribution in [0.3, 0.4) is 0 Å². The number of alkyl halides is 3. The molecule has 0 amide bonds. The van der Waals surface area contributed by atoms with Gasteiger partial charge >= 0.3 is 6.18 Å². The second-order valence-corrected chi connectivity index (χ2v) is 8.29. The van der Waals surface area contributed by atoms with E-state index in [9.17, 15) is 22.8 Å². The van der Waals surface area contributed by atoms with Crippen LogP contribution < -0.4 is 15.0 Å². The molecule has 10 heteroatoms. The second-order valence-electron chi connectivity index (χ2n) is 7.35. The average Bonchev–Trinajstić information content (AvgIpc) is 2.86. The maximum Gasteiger partial charge on any atom is 0.418 e. The first-order valence-electron chi connectivity index (χ1n) is 10.3. The van der Waals surface area contributed by atoms with Gasteiger partial charge in [-0.1, -0.05) is 36.0 Å². The van der Waals surface area contributed by atoms with Gasteiger partial charge in [0.1, 0.15) is 0 Å². The monoisotopic (exact) mass is 500 g/mol. The quantitative estimate of drug-likeness (QED) is 0.192. The molecule has 35 heavy (non-hydrogen) atoms. The molecule has 0 aliphatic heterocycles. The van der Waals surface area contributed by atoms with Crippen LogP contribution in [0, 0.1) is 0 Å². The lowest BCUT2D eigenvalue weighted by Gasteiger charge is -2.17. The predicted molar refractivity (Wildman–Crippen MR) is 127 cm³/mol. The van der Waals surface area contributed by atoms with E-state index >= 15 is 0 Å². The summed E-state index contributed by atoms with van der Waals surface area (Å²) < 4.78 is 52.6. The summed E-state index contributed by atoms with van der Waals surface area (Å²) in [7, 11) is 2.91. The van der Waals surface area contributed by atoms with Gasteiger partial charge in [0.25, 0.3) is 5.56 Å². The Morgan fingerprint density at radius 1 is 0.971 bits per heavy atom. The normalized spacial score (nSPS) is 11.5. The summed E-state index contributed by atoms with van der Waals surface area (Å²) in [5.41, 5.74) is -1.36. The highest BCUT2D eigenvalue weighted by Crippen LogP contribution is 2.35. The van der Waals surface area contributed by atoms with Gasteiger partial charge in [0, 0.05) is 5.56 Å². The van der Waals surface area contributed by atoms with E-state index < -0.39 is 17.3 Å². The number of rotatable bonds is 7. The van der Waals surface area contributed by atoms with Crippen molar-refractivity contribution in [3.63, 3.8) is 0 Å². The molecule has 0 saturated carbocycles. The molecule has 0 spiro atoms. The van der Waals surface area contributed by atoms with Crippen LogP contribution in [0.1, 0.15) is 15.9 Å². The summed E-state index contributed by atoms with van der Waals surface area (Å²) in [6.07, 6.45) is -4.70. The maximum atomic E-state index is 13.8. The molecule has 0 aliphatic rings. The Labute approximate surface area is 202 Å². The van der Waals surface area contributed by atoms with Crippen LogP contribution in [0.5, 0.6) is 11.5 Å². The third-order valence-corrected chi connectivity index (χ3v) is 6.17. The van der Waals surface area contributed by atoms with Crippen molar-refractivity contribution in [2.75, 3.05) is 20.0 Å². The van der Waals surface area contributed by atoms with Gasteiger partial charge in [-0.05, 0) is 42.5 Å². The zero-order valence-electron chi connectivity index (χ0n) is 18.6. The van der Waals surface area contributed by atoms with Crippen LogP contribution in [-0.2, 0) is 6.18 Å². The van der Waals surface area contributed by atoms with Crippen molar-refractivity contribution in [2.24, 2.45) is 0 Å². The predicted octanol–water partition coefficient (Wildman–Crippen LogP) is 5.40. The Kier molecular flexibility index (Phi) is 6.83. The maximum absolute atomic E-state index is 13.8. The van der Waals surface area contributed by atoms with Crippen molar-refractivity contribution in [1.29, 1.82) is 0 Å². The highest BCUT2D eigenvalue weighted by atomic mass is 32.2. The number of carbonyl (C=O) groups is 1. The fourth-order valence-corrected chi connectivity index (χ4v) is 4.45. The third kappa shape index (κ3) is 4.88. The number of thioether (sulfide) groups is 1. The average molecular weight is 500 g/mol. The van der Waals surface area contributed by atoms with Gasteiger partial charge < -0.3 is 9.47 Å². The van der Waals surface area contributed by atoms with Crippen molar-refractivity contribution in [2.45, 2.75) is 11.3 Å². The smallest absolute Gasteiger partial charge is 0.418 e. The minimum absolute atomic E-state index is 0.0285. The van der Waals surface area contributed by atoms with Gasteiger partial charge in [0.15, 0.2) is 22.4 Å². The molecule has 1 aromatic heterocycles. The lowest BCUT2D eigenvalue weighted by molar-refractivity contribution is -0.137. The molecule has 180 valence electrons. The molecule has 0 unspecified atom stereocenters. The molecule has 0 saturated heterocycles. The Bertz CT molecular complexity index is 1470. The molecule has 0 aliphatic carbocycles. The fraction of sp³-hybridized carbons (Fsp3) is 0.160. The SMILES string of the molecule is COc1ccc(C(=O)CSc2nc3ccccc3c(=O)n2-c2ccccc2C(F)(F)F)cc1OC. The number of aromatic nitrogens is 2. The van der Waals surface area contributed by atoms with Crippen LogP contribution in [0.25, 0.3) is 16.6 Å². The van der Waals surface area contributed by atoms with E-state index in [2.05, 4.69) is 4.98 Å². The molecule has 6 nitrogen and oxygen atoms in total. The first kappa shape index (κ1) is 24.3. The van der Waals surface area contributed by atoms with Gasteiger partial charge in [-0.25, -0.2) is 4.98 Å². The number of halogens is 3. The van der Waals surface area contributed by atoms with Crippen LogP contribution in [0.2, 0.25) is 0 Å². The lowest BCUT2D eigenvalue weighted by Crippen LogP contribution is -2.25. The number of fused-ring (bicyclic) bond motifs is 1. The number of nitrogens with zero attached hydrogens (tertiary/aromatic N) is 2. The van der Waals surface area contributed by atoms with Gasteiger partial charge in [0.2, 0.25) is 0 Å². The summed E-state index contributed by atoms with van der Waals surface area (Å²) in [5.74, 6) is 0.316. The van der Waals surface area contributed by atoms with Crippen LogP contribution in [-0.4, -0.2) is 35.3 Å². The molecule has 3 aromatic carbocycles. The van der Waals surface area contributed by atoms with Crippen molar-refractivity contribution in [3.8, 4) is 17.2 Å². The minimum Gasteiger partial charge on any atom is -0.493 e. The van der Waals surface area contributed by atoms with Gasteiger partial charge in [0.05, 0.1) is 42.1 Å². The molecule has 4 rings (SSSR count). The van der Waals surface area contributed by atoms with Crippen molar-refractivity contribution in [1.82, 2.24) is 9.55 Å². The van der Waals surface area contributed by atoms with Crippen LogP contribution in [0.4, 0.5) is 13.2 Å². The summed E-state index contributed by atoms with van der Waals surface area (Å²) in [6.45, 7) is 0. The number of Topliss-reactive ketones (excluding diaryl/α,β-unsaturated/α-hetero) is 1. The lowest BCUT2D eigenvalue weighted by atomic mass is 10.1. The Hall–Kier alpha value is -3.79. The summed E-state index contributed by atoms with van der Waals surface area (Å²) in [4.78, 5) is 30.6. The minimum atomic E-state index is -4.70. The van der Waals surface area contributed by atoms with Gasteiger partial charge in [-0.2, -0.15) is 13.2 Å². The number of hydrogen-bond acceptors (Lipinski definition) is 6. The first-order chi connectivity index (χ1) is 16.7.